The van der Waals surface area contributed by atoms with Gasteiger partial charge >= 0.3 is 5.97 Å². The average Bonchev–Trinajstić information content (AvgIpc) is 3.17. The number of nitrogens with zero attached hydrogens (tertiary/aromatic N) is 2. The fraction of sp³-hybridized carbons (Fsp3) is 0.476. The van der Waals surface area contributed by atoms with Crippen LogP contribution in [0, 0.1) is 5.92 Å². The highest BCUT2D eigenvalue weighted by molar-refractivity contribution is 7.13. The smallest absolute Gasteiger partial charge is 0.309 e. The topological polar surface area (TPSA) is 68.7 Å². The Bertz CT molecular complexity index is 812. The molecule has 1 saturated heterocycles. The largest absolute Gasteiger partial charge is 0.493 e. The van der Waals surface area contributed by atoms with Gasteiger partial charge in [-0.2, -0.15) is 0 Å². The van der Waals surface area contributed by atoms with Crippen LogP contribution in [0.25, 0.3) is 10.6 Å². The van der Waals surface area contributed by atoms with Gasteiger partial charge in [0.25, 0.3) is 0 Å². The Kier molecular flexibility index (Phi) is 7.03. The lowest BCUT2D eigenvalue weighted by Gasteiger charge is -2.30. The zero-order valence-electron chi connectivity index (χ0n) is 16.3. The summed E-state index contributed by atoms with van der Waals surface area (Å²) in [4.78, 5) is 30.9. The minimum Gasteiger partial charge on any atom is -0.493 e. The molecule has 6 nitrogen and oxygen atoms in total. The molecule has 2 aromatic rings. The summed E-state index contributed by atoms with van der Waals surface area (Å²) >= 11 is 1.52. The maximum atomic E-state index is 12.6. The third kappa shape index (κ3) is 4.90. The molecule has 2 heterocycles. The number of aromatic nitrogens is 1. The van der Waals surface area contributed by atoms with Crippen LogP contribution in [0.15, 0.2) is 29.6 Å². The van der Waals surface area contributed by atoms with Crippen molar-refractivity contribution in [2.24, 2.45) is 5.92 Å². The van der Waals surface area contributed by atoms with Crippen molar-refractivity contribution in [3.05, 3.63) is 35.3 Å². The number of likely N-dealkylation sites (tertiary alicyclic amines) is 1. The lowest BCUT2D eigenvalue weighted by Crippen LogP contribution is -2.41. The second kappa shape index (κ2) is 9.68. The molecule has 0 aliphatic carbocycles. The highest BCUT2D eigenvalue weighted by atomic mass is 32.1. The van der Waals surface area contributed by atoms with E-state index in [1.54, 1.807) is 0 Å². The number of thiazole rings is 1. The van der Waals surface area contributed by atoms with Crippen LogP contribution in [-0.4, -0.2) is 48.1 Å². The van der Waals surface area contributed by atoms with Gasteiger partial charge in [-0.3, -0.25) is 9.59 Å². The van der Waals surface area contributed by atoms with E-state index >= 15 is 0 Å². The molecule has 1 amide bonds. The summed E-state index contributed by atoms with van der Waals surface area (Å²) in [6.07, 6.45) is 1.60. The van der Waals surface area contributed by atoms with Crippen LogP contribution in [0.2, 0.25) is 0 Å². The number of ether oxygens (including phenoxy) is 2. The summed E-state index contributed by atoms with van der Waals surface area (Å²) in [5.74, 6) is 0.618. The lowest BCUT2D eigenvalue weighted by atomic mass is 9.97. The van der Waals surface area contributed by atoms with Gasteiger partial charge < -0.3 is 14.4 Å². The minimum absolute atomic E-state index is 0.0530. The zero-order valence-corrected chi connectivity index (χ0v) is 17.2. The van der Waals surface area contributed by atoms with E-state index in [4.69, 9.17) is 9.47 Å². The third-order valence-corrected chi connectivity index (χ3v) is 5.69. The molecule has 0 saturated carbocycles. The Morgan fingerprint density at radius 1 is 1.18 bits per heavy atom. The fourth-order valence-electron chi connectivity index (χ4n) is 3.33. The SMILES string of the molecule is CCOC(=O)C1CCN(C(=O)Cc2csc(-c3ccccc3OCC)n2)CC1. The molecule has 0 bridgehead atoms. The molecular formula is C21H26N2O4S. The average molecular weight is 403 g/mol. The number of para-hydroxylation sites is 1. The van der Waals surface area contributed by atoms with E-state index in [1.807, 2.05) is 48.4 Å². The number of esters is 1. The quantitative estimate of drug-likeness (QED) is 0.663. The number of piperidine rings is 1. The second-order valence-corrected chi connectivity index (χ2v) is 7.52. The fourth-order valence-corrected chi connectivity index (χ4v) is 4.18. The molecular weight excluding hydrogens is 376 g/mol. The van der Waals surface area contributed by atoms with Crippen molar-refractivity contribution in [1.29, 1.82) is 0 Å². The molecule has 1 aromatic heterocycles. The summed E-state index contributed by atoms with van der Waals surface area (Å²) in [6, 6.07) is 7.80. The first-order valence-electron chi connectivity index (χ1n) is 9.73. The second-order valence-electron chi connectivity index (χ2n) is 6.66. The maximum Gasteiger partial charge on any atom is 0.309 e. The highest BCUT2D eigenvalue weighted by Crippen LogP contribution is 2.32. The van der Waals surface area contributed by atoms with Gasteiger partial charge in [0.15, 0.2) is 0 Å². The Balaban J connectivity index is 1.59. The van der Waals surface area contributed by atoms with Gasteiger partial charge in [-0.1, -0.05) is 12.1 Å². The Labute approximate surface area is 169 Å². The molecule has 1 aromatic carbocycles. The van der Waals surface area contributed by atoms with Crippen molar-refractivity contribution < 1.29 is 19.1 Å². The van der Waals surface area contributed by atoms with E-state index in [0.29, 0.717) is 39.1 Å². The number of hydrogen-bond donors (Lipinski definition) is 0. The Hall–Kier alpha value is -2.41. The molecule has 1 aliphatic heterocycles. The van der Waals surface area contributed by atoms with Crippen LogP contribution in [0.5, 0.6) is 5.75 Å². The normalized spacial score (nSPS) is 14.7. The number of amides is 1. The van der Waals surface area contributed by atoms with E-state index in [1.165, 1.54) is 11.3 Å². The minimum atomic E-state index is -0.147. The highest BCUT2D eigenvalue weighted by Gasteiger charge is 2.28. The number of benzene rings is 1. The number of rotatable bonds is 7. The maximum absolute atomic E-state index is 12.6. The molecule has 28 heavy (non-hydrogen) atoms. The molecule has 150 valence electrons. The van der Waals surface area contributed by atoms with Crippen LogP contribution in [0.1, 0.15) is 32.4 Å². The van der Waals surface area contributed by atoms with Gasteiger partial charge in [0.05, 0.1) is 36.8 Å². The van der Waals surface area contributed by atoms with Crippen LogP contribution < -0.4 is 4.74 Å². The summed E-state index contributed by atoms with van der Waals surface area (Å²) in [5, 5.41) is 2.79. The number of hydrogen-bond acceptors (Lipinski definition) is 6. The Morgan fingerprint density at radius 3 is 2.64 bits per heavy atom. The van der Waals surface area contributed by atoms with Gasteiger partial charge in [0, 0.05) is 18.5 Å². The summed E-state index contributed by atoms with van der Waals surface area (Å²) in [7, 11) is 0. The molecule has 3 rings (SSSR count). The van der Waals surface area contributed by atoms with Crippen molar-refractivity contribution in [1.82, 2.24) is 9.88 Å². The van der Waals surface area contributed by atoms with Gasteiger partial charge in [0.1, 0.15) is 10.8 Å². The Morgan fingerprint density at radius 2 is 1.93 bits per heavy atom. The molecule has 0 atom stereocenters. The van der Waals surface area contributed by atoms with Crippen LogP contribution in [-0.2, 0) is 20.7 Å². The molecule has 0 radical (unpaired) electrons. The predicted molar refractivity (Wildman–Crippen MR) is 108 cm³/mol. The summed E-state index contributed by atoms with van der Waals surface area (Å²) < 4.78 is 10.8. The van der Waals surface area contributed by atoms with Crippen LogP contribution in [0.4, 0.5) is 0 Å². The van der Waals surface area contributed by atoms with Gasteiger partial charge in [-0.25, -0.2) is 4.98 Å². The lowest BCUT2D eigenvalue weighted by molar-refractivity contribution is -0.151. The van der Waals surface area contributed by atoms with E-state index in [0.717, 1.165) is 22.0 Å². The van der Waals surface area contributed by atoms with Crippen molar-refractivity contribution in [2.45, 2.75) is 33.1 Å². The zero-order chi connectivity index (χ0) is 19.9. The first kappa shape index (κ1) is 20.3. The third-order valence-electron chi connectivity index (χ3n) is 4.77. The molecule has 1 aliphatic rings. The van der Waals surface area contributed by atoms with Crippen LogP contribution in [0.3, 0.4) is 0 Å². The molecule has 0 N–H and O–H groups in total. The first-order chi connectivity index (χ1) is 13.6. The predicted octanol–water partition coefficient (Wildman–Crippen LogP) is 3.55. The first-order valence-corrected chi connectivity index (χ1v) is 10.6. The van der Waals surface area contributed by atoms with Crippen molar-refractivity contribution in [3.8, 4) is 16.3 Å². The van der Waals surface area contributed by atoms with Crippen molar-refractivity contribution in [3.63, 3.8) is 0 Å². The monoisotopic (exact) mass is 402 g/mol. The molecule has 0 spiro atoms. The molecule has 1 fully saturated rings. The van der Waals surface area contributed by atoms with E-state index < -0.39 is 0 Å². The number of carbonyl (C=O) groups is 2. The van der Waals surface area contributed by atoms with Crippen LogP contribution >= 0.6 is 11.3 Å². The molecule has 7 heteroatoms. The van der Waals surface area contributed by atoms with Gasteiger partial charge in [-0.05, 0) is 38.8 Å². The van der Waals surface area contributed by atoms with Crippen molar-refractivity contribution >= 4 is 23.2 Å². The standard InChI is InChI=1S/C21H26N2O4S/c1-3-26-18-8-6-5-7-17(18)20-22-16(14-28-20)13-19(24)23-11-9-15(10-12-23)21(25)27-4-2/h5-8,14-15H,3-4,9-13H2,1-2H3. The summed E-state index contributed by atoms with van der Waals surface area (Å²) in [5.41, 5.74) is 1.71. The molecule has 0 unspecified atom stereocenters. The van der Waals surface area contributed by atoms with Crippen molar-refractivity contribution in [2.75, 3.05) is 26.3 Å². The van der Waals surface area contributed by atoms with E-state index in [2.05, 4.69) is 4.98 Å². The number of carbonyl (C=O) groups excluding carboxylic acids is 2. The van der Waals surface area contributed by atoms with Gasteiger partial charge in [-0.15, -0.1) is 11.3 Å². The van der Waals surface area contributed by atoms with E-state index in [9.17, 15) is 9.59 Å². The summed E-state index contributed by atoms with van der Waals surface area (Å²) in [6.45, 7) is 5.93. The van der Waals surface area contributed by atoms with Gasteiger partial charge in [0.2, 0.25) is 5.91 Å². The van der Waals surface area contributed by atoms with E-state index in [-0.39, 0.29) is 24.2 Å².